The smallest absolute Gasteiger partial charge is 0.0867 e. The van der Waals surface area contributed by atoms with Crippen molar-refractivity contribution in [2.24, 2.45) is 0 Å². The molecule has 4 nitrogen and oxygen atoms in total. The number of hydrogen-bond donors (Lipinski definition) is 2. The fourth-order valence-electron chi connectivity index (χ4n) is 1.57. The minimum atomic E-state index is -0.510. The lowest BCUT2D eigenvalue weighted by Crippen LogP contribution is -2.24. The molecule has 0 aliphatic heterocycles. The third kappa shape index (κ3) is 5.82. The fraction of sp³-hybridized carbons (Fsp3) is 0.571. The van der Waals surface area contributed by atoms with Crippen molar-refractivity contribution in [3.05, 3.63) is 23.8 Å². The van der Waals surface area contributed by atoms with Crippen LogP contribution >= 0.6 is 11.8 Å². The molecule has 1 rings (SSSR count). The molecule has 1 aromatic carbocycles. The second-order valence-corrected chi connectivity index (χ2v) is 5.61. The van der Waals surface area contributed by atoms with Crippen molar-refractivity contribution in [2.75, 3.05) is 31.8 Å². The number of hydrogen-bond acceptors (Lipinski definition) is 5. The van der Waals surface area contributed by atoms with Gasteiger partial charge in [-0.3, -0.25) is 0 Å². The van der Waals surface area contributed by atoms with Crippen molar-refractivity contribution in [1.82, 2.24) is 0 Å². The molecule has 0 spiro atoms. The molecule has 5 heteroatoms. The first kappa shape index (κ1) is 16.3. The Hall–Kier alpha value is -0.750. The summed E-state index contributed by atoms with van der Waals surface area (Å²) < 4.78 is 10.4. The summed E-state index contributed by atoms with van der Waals surface area (Å²) in [5.41, 5.74) is 7.83. The predicted molar refractivity (Wildman–Crippen MR) is 79.6 cm³/mol. The molecule has 0 radical (unpaired) electrons. The molecule has 0 aromatic heterocycles. The van der Waals surface area contributed by atoms with E-state index in [4.69, 9.17) is 15.2 Å². The molecule has 0 saturated carbocycles. The van der Waals surface area contributed by atoms with Crippen molar-refractivity contribution in [3.63, 3.8) is 0 Å². The highest BCUT2D eigenvalue weighted by molar-refractivity contribution is 7.99. The van der Waals surface area contributed by atoms with Crippen LogP contribution in [-0.2, 0) is 9.47 Å². The zero-order valence-electron chi connectivity index (χ0n) is 11.8. The number of rotatable bonds is 8. The Morgan fingerprint density at radius 3 is 2.79 bits per heavy atom. The zero-order chi connectivity index (χ0) is 14.3. The number of ether oxygens (including phenoxy) is 2. The van der Waals surface area contributed by atoms with Crippen LogP contribution in [0.15, 0.2) is 23.1 Å². The SMILES string of the molecule is COCC(C)OCC(O)CSc1cccc(C)c1N. The van der Waals surface area contributed by atoms with E-state index in [0.717, 1.165) is 16.1 Å². The van der Waals surface area contributed by atoms with Crippen LogP contribution in [0.3, 0.4) is 0 Å². The van der Waals surface area contributed by atoms with Gasteiger partial charge in [0.25, 0.3) is 0 Å². The second kappa shape index (κ2) is 8.43. The van der Waals surface area contributed by atoms with Gasteiger partial charge in [0.2, 0.25) is 0 Å². The first-order valence-electron chi connectivity index (χ1n) is 6.31. The first-order chi connectivity index (χ1) is 9.04. The predicted octanol–water partition coefficient (Wildman–Crippen LogP) is 2.08. The highest BCUT2D eigenvalue weighted by Gasteiger charge is 2.10. The molecular weight excluding hydrogens is 262 g/mol. The van der Waals surface area contributed by atoms with E-state index in [2.05, 4.69) is 0 Å². The van der Waals surface area contributed by atoms with Crippen LogP contribution in [0.1, 0.15) is 12.5 Å². The maximum Gasteiger partial charge on any atom is 0.0867 e. The highest BCUT2D eigenvalue weighted by Crippen LogP contribution is 2.27. The molecule has 1 aromatic rings. The maximum atomic E-state index is 9.86. The fourth-order valence-corrected chi connectivity index (χ4v) is 2.53. The summed E-state index contributed by atoms with van der Waals surface area (Å²) >= 11 is 1.55. The van der Waals surface area contributed by atoms with E-state index >= 15 is 0 Å². The summed E-state index contributed by atoms with van der Waals surface area (Å²) in [6.07, 6.45) is -0.516. The van der Waals surface area contributed by atoms with Gasteiger partial charge >= 0.3 is 0 Å². The monoisotopic (exact) mass is 285 g/mol. The molecule has 2 atom stereocenters. The van der Waals surface area contributed by atoms with E-state index in [9.17, 15) is 5.11 Å². The summed E-state index contributed by atoms with van der Waals surface area (Å²) in [7, 11) is 1.63. The van der Waals surface area contributed by atoms with Gasteiger partial charge in [-0.25, -0.2) is 0 Å². The molecule has 2 unspecified atom stereocenters. The number of aliphatic hydroxyl groups excluding tert-OH is 1. The standard InChI is InChI=1S/C14H23NO3S/c1-10-5-4-6-13(14(10)15)19-9-12(16)8-18-11(2)7-17-3/h4-6,11-12,16H,7-9,15H2,1-3H3. The molecular formula is C14H23NO3S. The summed E-state index contributed by atoms with van der Waals surface area (Å²) in [5, 5.41) is 9.86. The number of aryl methyl sites for hydroxylation is 1. The highest BCUT2D eigenvalue weighted by atomic mass is 32.2. The molecule has 0 aliphatic rings. The number of aliphatic hydroxyl groups is 1. The Labute approximate surface area is 119 Å². The van der Waals surface area contributed by atoms with Crippen LogP contribution in [-0.4, -0.2) is 43.4 Å². The van der Waals surface area contributed by atoms with Crippen LogP contribution in [0, 0.1) is 6.92 Å². The summed E-state index contributed by atoms with van der Waals surface area (Å²) in [6, 6.07) is 5.91. The molecule has 0 saturated heterocycles. The molecule has 108 valence electrons. The normalized spacial score (nSPS) is 14.3. The van der Waals surface area contributed by atoms with Crippen molar-refractivity contribution in [1.29, 1.82) is 0 Å². The Morgan fingerprint density at radius 1 is 1.37 bits per heavy atom. The van der Waals surface area contributed by atoms with E-state index in [1.54, 1.807) is 18.9 Å². The van der Waals surface area contributed by atoms with E-state index in [0.29, 0.717) is 19.0 Å². The number of nitrogen functional groups attached to an aromatic ring is 1. The van der Waals surface area contributed by atoms with Gasteiger partial charge in [-0.15, -0.1) is 11.8 Å². The third-order valence-electron chi connectivity index (χ3n) is 2.69. The van der Waals surface area contributed by atoms with Crippen LogP contribution < -0.4 is 5.73 Å². The van der Waals surface area contributed by atoms with Gasteiger partial charge in [0.15, 0.2) is 0 Å². The molecule has 0 aliphatic carbocycles. The van der Waals surface area contributed by atoms with Crippen LogP contribution in [0.5, 0.6) is 0 Å². The van der Waals surface area contributed by atoms with Crippen LogP contribution in [0.4, 0.5) is 5.69 Å². The maximum absolute atomic E-state index is 9.86. The number of anilines is 1. The molecule has 19 heavy (non-hydrogen) atoms. The van der Waals surface area contributed by atoms with E-state index in [-0.39, 0.29) is 6.10 Å². The third-order valence-corrected chi connectivity index (χ3v) is 3.91. The van der Waals surface area contributed by atoms with Crippen molar-refractivity contribution < 1.29 is 14.6 Å². The largest absolute Gasteiger partial charge is 0.398 e. The number of nitrogens with two attached hydrogens (primary N) is 1. The Morgan fingerprint density at radius 2 is 2.11 bits per heavy atom. The van der Waals surface area contributed by atoms with Gasteiger partial charge in [-0.2, -0.15) is 0 Å². The lowest BCUT2D eigenvalue weighted by atomic mass is 10.2. The van der Waals surface area contributed by atoms with Gasteiger partial charge in [0.05, 0.1) is 25.4 Å². The Kier molecular flexibility index (Phi) is 7.23. The number of thioether (sulfide) groups is 1. The molecule has 3 N–H and O–H groups in total. The number of benzene rings is 1. The molecule has 0 amide bonds. The van der Waals surface area contributed by atoms with E-state index < -0.39 is 6.10 Å². The lowest BCUT2D eigenvalue weighted by molar-refractivity contribution is -0.0257. The summed E-state index contributed by atoms with van der Waals surface area (Å²) in [6.45, 7) is 4.74. The second-order valence-electron chi connectivity index (χ2n) is 4.55. The van der Waals surface area contributed by atoms with E-state index in [1.807, 2.05) is 32.0 Å². The topological polar surface area (TPSA) is 64.7 Å². The van der Waals surface area contributed by atoms with Gasteiger partial charge in [0.1, 0.15) is 0 Å². The number of methoxy groups -OCH3 is 1. The van der Waals surface area contributed by atoms with Crippen LogP contribution in [0.2, 0.25) is 0 Å². The average molecular weight is 285 g/mol. The number of para-hydroxylation sites is 1. The minimum Gasteiger partial charge on any atom is -0.398 e. The lowest BCUT2D eigenvalue weighted by Gasteiger charge is -2.16. The summed E-state index contributed by atoms with van der Waals surface area (Å²) in [4.78, 5) is 1.00. The first-order valence-corrected chi connectivity index (χ1v) is 7.29. The van der Waals surface area contributed by atoms with Crippen molar-refractivity contribution in [2.45, 2.75) is 31.0 Å². The van der Waals surface area contributed by atoms with Crippen LogP contribution in [0.25, 0.3) is 0 Å². The quantitative estimate of drug-likeness (QED) is 0.565. The Bertz CT molecular complexity index is 387. The molecule has 0 heterocycles. The average Bonchev–Trinajstić information content (AvgIpc) is 2.38. The van der Waals surface area contributed by atoms with Crippen molar-refractivity contribution in [3.8, 4) is 0 Å². The van der Waals surface area contributed by atoms with Gasteiger partial charge in [-0.05, 0) is 25.5 Å². The van der Waals surface area contributed by atoms with Crippen molar-refractivity contribution >= 4 is 17.4 Å². The molecule has 0 fully saturated rings. The van der Waals surface area contributed by atoms with Gasteiger partial charge in [-0.1, -0.05) is 12.1 Å². The van der Waals surface area contributed by atoms with Gasteiger partial charge < -0.3 is 20.3 Å². The molecule has 0 bridgehead atoms. The van der Waals surface area contributed by atoms with Gasteiger partial charge in [0, 0.05) is 23.4 Å². The van der Waals surface area contributed by atoms with E-state index in [1.165, 1.54) is 0 Å². The zero-order valence-corrected chi connectivity index (χ0v) is 12.6. The summed E-state index contributed by atoms with van der Waals surface area (Å²) in [5.74, 6) is 0.563. The minimum absolute atomic E-state index is 0.00584. The Balaban J connectivity index is 2.33.